The van der Waals surface area contributed by atoms with Crippen LogP contribution in [0.25, 0.3) is 11.0 Å². The smallest absolute Gasteiger partial charge is 0.197 e. The number of para-hydroxylation sites is 2. The van der Waals surface area contributed by atoms with Gasteiger partial charge in [-0.3, -0.25) is 9.19 Å². The molecule has 2 aliphatic heterocycles. The molecule has 32 heavy (non-hydrogen) atoms. The molecule has 1 N–H and O–H groups in total. The number of hydrogen-bond donors (Lipinski definition) is 1. The average molecular weight is 458 g/mol. The normalized spacial score (nSPS) is 21.2. The second kappa shape index (κ2) is 9.27. The Kier molecular flexibility index (Phi) is 6.23. The van der Waals surface area contributed by atoms with E-state index < -0.39 is 16.6 Å². The largest absolute Gasteiger partial charge is 0.493 e. The summed E-state index contributed by atoms with van der Waals surface area (Å²) in [7, 11) is -1.33. The monoisotopic (exact) mass is 457 g/mol. The number of pyridine rings is 1. The first kappa shape index (κ1) is 21.5. The summed E-state index contributed by atoms with van der Waals surface area (Å²) >= 11 is 0. The van der Waals surface area contributed by atoms with E-state index in [2.05, 4.69) is 15.0 Å². The predicted octanol–water partition coefficient (Wildman–Crippen LogP) is 3.27. The van der Waals surface area contributed by atoms with E-state index in [9.17, 15) is 4.21 Å². The van der Waals surface area contributed by atoms with Gasteiger partial charge in [-0.15, -0.1) is 0 Å². The molecule has 0 radical (unpaired) electrons. The molecule has 4 heterocycles. The molecular formula is C23H27N3O5S. The van der Waals surface area contributed by atoms with Gasteiger partial charge in [-0.2, -0.15) is 0 Å². The van der Waals surface area contributed by atoms with E-state index >= 15 is 0 Å². The Hall–Kier alpha value is -2.33. The van der Waals surface area contributed by atoms with E-state index in [-0.39, 0.29) is 11.9 Å². The molecule has 8 nitrogen and oxygen atoms in total. The highest BCUT2D eigenvalue weighted by atomic mass is 32.2. The second-order valence-electron chi connectivity index (χ2n) is 8.14. The number of nitrogens with zero attached hydrogens (tertiary/aromatic N) is 2. The van der Waals surface area contributed by atoms with Gasteiger partial charge in [0, 0.05) is 31.0 Å². The zero-order chi connectivity index (χ0) is 22.0. The summed E-state index contributed by atoms with van der Waals surface area (Å²) in [5.74, 6) is 0.549. The van der Waals surface area contributed by atoms with Crippen molar-refractivity contribution >= 4 is 21.8 Å². The predicted molar refractivity (Wildman–Crippen MR) is 119 cm³/mol. The van der Waals surface area contributed by atoms with Gasteiger partial charge >= 0.3 is 0 Å². The van der Waals surface area contributed by atoms with Crippen LogP contribution in [0, 0.1) is 6.92 Å². The van der Waals surface area contributed by atoms with Crippen LogP contribution < -0.4 is 4.74 Å². The highest BCUT2D eigenvalue weighted by Crippen LogP contribution is 2.34. The highest BCUT2D eigenvalue weighted by Gasteiger charge is 2.42. The topological polar surface area (TPSA) is 95.6 Å². The van der Waals surface area contributed by atoms with Crippen molar-refractivity contribution in [2.75, 3.05) is 26.4 Å². The van der Waals surface area contributed by atoms with Crippen LogP contribution in [-0.2, 0) is 30.8 Å². The maximum absolute atomic E-state index is 12.9. The molecule has 170 valence electrons. The molecule has 1 spiro atoms. The molecule has 3 aromatic rings. The molecule has 1 aromatic carbocycles. The number of rotatable bonds is 7. The quantitative estimate of drug-likeness (QED) is 0.582. The Morgan fingerprint density at radius 1 is 1.25 bits per heavy atom. The summed E-state index contributed by atoms with van der Waals surface area (Å²) < 4.78 is 36.4. The maximum atomic E-state index is 12.9. The first-order valence-corrected chi connectivity index (χ1v) is 12.2. The van der Waals surface area contributed by atoms with Crippen LogP contribution in [0.15, 0.2) is 41.7 Å². The number of ether oxygens (including phenoxy) is 4. The fourth-order valence-electron chi connectivity index (χ4n) is 4.09. The highest BCUT2D eigenvalue weighted by molar-refractivity contribution is 7.84. The summed E-state index contributed by atoms with van der Waals surface area (Å²) in [6, 6.07) is 9.49. The number of fused-ring (bicyclic) bond motifs is 1. The lowest BCUT2D eigenvalue weighted by Crippen LogP contribution is -2.37. The molecule has 2 aliphatic rings. The molecule has 2 unspecified atom stereocenters. The van der Waals surface area contributed by atoms with E-state index in [0.717, 1.165) is 47.3 Å². The molecule has 0 aliphatic carbocycles. The molecular weight excluding hydrogens is 430 g/mol. The Morgan fingerprint density at radius 2 is 2.09 bits per heavy atom. The molecule has 5 rings (SSSR count). The minimum Gasteiger partial charge on any atom is -0.493 e. The van der Waals surface area contributed by atoms with Gasteiger partial charge in [-0.25, -0.2) is 4.98 Å². The van der Waals surface area contributed by atoms with Gasteiger partial charge in [0.2, 0.25) is 0 Å². The van der Waals surface area contributed by atoms with E-state index in [1.54, 1.807) is 6.20 Å². The van der Waals surface area contributed by atoms with Crippen molar-refractivity contribution in [3.8, 4) is 5.75 Å². The minimum absolute atomic E-state index is 0.0234. The molecule has 0 bridgehead atoms. The summed E-state index contributed by atoms with van der Waals surface area (Å²) in [4.78, 5) is 12.0. The number of H-pyrrole nitrogens is 1. The minimum atomic E-state index is -1.33. The number of aromatic nitrogens is 3. The summed E-state index contributed by atoms with van der Waals surface area (Å²) in [5.41, 5.74) is 3.31. The average Bonchev–Trinajstić information content (AvgIpc) is 3.41. The van der Waals surface area contributed by atoms with Crippen LogP contribution in [0.1, 0.15) is 30.5 Å². The third-order valence-electron chi connectivity index (χ3n) is 5.98. The summed E-state index contributed by atoms with van der Waals surface area (Å²) in [6.45, 7) is 4.40. The number of hydrogen-bond acceptors (Lipinski definition) is 7. The van der Waals surface area contributed by atoms with Crippen molar-refractivity contribution in [3.63, 3.8) is 0 Å². The van der Waals surface area contributed by atoms with Crippen molar-refractivity contribution in [1.82, 2.24) is 15.0 Å². The van der Waals surface area contributed by atoms with Gasteiger partial charge in [-0.05, 0) is 25.1 Å². The molecule has 2 atom stereocenters. The third kappa shape index (κ3) is 4.56. The van der Waals surface area contributed by atoms with Crippen LogP contribution in [0.2, 0.25) is 0 Å². The van der Waals surface area contributed by atoms with Gasteiger partial charge < -0.3 is 23.9 Å². The lowest BCUT2D eigenvalue weighted by molar-refractivity contribution is -0.211. The molecule has 0 amide bonds. The Bertz CT molecular complexity index is 1080. The fraction of sp³-hybridized carbons (Fsp3) is 0.478. The third-order valence-corrected chi connectivity index (χ3v) is 7.14. The summed E-state index contributed by atoms with van der Waals surface area (Å²) in [5, 5.41) is 0.458. The summed E-state index contributed by atoms with van der Waals surface area (Å²) in [6.07, 6.45) is 4.01. The zero-order valence-corrected chi connectivity index (χ0v) is 18.9. The van der Waals surface area contributed by atoms with Crippen LogP contribution in [0.4, 0.5) is 0 Å². The first-order valence-electron chi connectivity index (χ1n) is 10.9. The van der Waals surface area contributed by atoms with Gasteiger partial charge in [0.25, 0.3) is 0 Å². The van der Waals surface area contributed by atoms with Gasteiger partial charge in [0.1, 0.15) is 5.75 Å². The Balaban J connectivity index is 1.18. The lowest BCUT2D eigenvalue weighted by Gasteiger charge is -2.31. The number of nitrogens with one attached hydrogen (secondary N) is 1. The molecule has 2 aromatic heterocycles. The van der Waals surface area contributed by atoms with E-state index in [1.807, 2.05) is 37.3 Å². The van der Waals surface area contributed by atoms with E-state index in [0.29, 0.717) is 31.6 Å². The van der Waals surface area contributed by atoms with Crippen LogP contribution in [-0.4, -0.2) is 57.5 Å². The van der Waals surface area contributed by atoms with Crippen molar-refractivity contribution in [1.29, 1.82) is 0 Å². The van der Waals surface area contributed by atoms with Crippen LogP contribution >= 0.6 is 0 Å². The molecule has 0 saturated carbocycles. The van der Waals surface area contributed by atoms with E-state index in [4.69, 9.17) is 18.9 Å². The molecule has 2 saturated heterocycles. The van der Waals surface area contributed by atoms with Crippen molar-refractivity contribution < 1.29 is 23.2 Å². The number of imidazole rings is 1. The van der Waals surface area contributed by atoms with Crippen molar-refractivity contribution in [2.45, 2.75) is 49.0 Å². The van der Waals surface area contributed by atoms with Gasteiger partial charge in [0.15, 0.2) is 10.9 Å². The fourth-order valence-corrected chi connectivity index (χ4v) is 5.19. The lowest BCUT2D eigenvalue weighted by atomic mass is 10.1. The Morgan fingerprint density at radius 3 is 2.94 bits per heavy atom. The second-order valence-corrected chi connectivity index (χ2v) is 9.51. The standard InChI is InChI=1S/C23H27N3O5S/c1-16-20(15-32(27)22-25-18-4-2-3-5-19(18)26-22)24-10-6-21(16)29-11-7-17-14-30-23(31-17)8-12-28-13-9-23/h2-6,10,17H,7-9,11-15H2,1H3,(H,25,26). The van der Waals surface area contributed by atoms with Crippen molar-refractivity contribution in [3.05, 3.63) is 47.8 Å². The van der Waals surface area contributed by atoms with Gasteiger partial charge in [-0.1, -0.05) is 12.1 Å². The van der Waals surface area contributed by atoms with Crippen LogP contribution in [0.3, 0.4) is 0 Å². The SMILES string of the molecule is Cc1c(OCCC2COC3(CCOCC3)O2)ccnc1CS(=O)c1nc2ccccc2[nH]1. The maximum Gasteiger partial charge on any atom is 0.197 e. The van der Waals surface area contributed by atoms with Gasteiger partial charge in [0.05, 0.1) is 65.8 Å². The number of aromatic amines is 1. The molecule has 9 heteroatoms. The zero-order valence-electron chi connectivity index (χ0n) is 18.0. The van der Waals surface area contributed by atoms with Crippen molar-refractivity contribution in [2.24, 2.45) is 0 Å². The van der Waals surface area contributed by atoms with Crippen LogP contribution in [0.5, 0.6) is 5.75 Å². The Labute approximate surface area is 189 Å². The molecule has 2 fully saturated rings. The van der Waals surface area contributed by atoms with E-state index in [1.165, 1.54) is 0 Å². The number of benzene rings is 1. The first-order chi connectivity index (χ1) is 15.6.